The van der Waals surface area contributed by atoms with Crippen molar-refractivity contribution in [3.63, 3.8) is 0 Å². The molecular weight excluding hydrogens is 204 g/mol. The van der Waals surface area contributed by atoms with E-state index in [4.69, 9.17) is 10.5 Å². The Hall–Kier alpha value is -1.55. The molecule has 0 aliphatic carbocycles. The summed E-state index contributed by atoms with van der Waals surface area (Å²) in [6.45, 7) is 0.847. The van der Waals surface area contributed by atoms with Gasteiger partial charge in [0.05, 0.1) is 6.10 Å². The molecule has 4 heteroatoms. The number of morpholine rings is 1. The highest BCUT2D eigenvalue weighted by molar-refractivity contribution is 5.77. The van der Waals surface area contributed by atoms with Gasteiger partial charge in [0.25, 0.3) is 0 Å². The maximum atomic E-state index is 11.2. The number of ether oxygens (including phenoxy) is 1. The van der Waals surface area contributed by atoms with Gasteiger partial charge in [-0.05, 0) is 17.7 Å². The van der Waals surface area contributed by atoms with Crippen LogP contribution in [0.3, 0.4) is 0 Å². The minimum Gasteiger partial charge on any atom is -0.399 e. The third-order valence-electron chi connectivity index (χ3n) is 2.79. The van der Waals surface area contributed by atoms with Gasteiger partial charge in [0, 0.05) is 25.7 Å². The fourth-order valence-electron chi connectivity index (χ4n) is 1.80. The van der Waals surface area contributed by atoms with E-state index in [1.54, 1.807) is 11.9 Å². The zero-order chi connectivity index (χ0) is 11.5. The van der Waals surface area contributed by atoms with E-state index in [0.29, 0.717) is 6.54 Å². The van der Waals surface area contributed by atoms with Gasteiger partial charge >= 0.3 is 0 Å². The van der Waals surface area contributed by atoms with Crippen LogP contribution in [0.1, 0.15) is 5.56 Å². The average Bonchev–Trinajstić information content (AvgIpc) is 2.27. The van der Waals surface area contributed by atoms with Crippen molar-refractivity contribution in [1.29, 1.82) is 0 Å². The highest BCUT2D eigenvalue weighted by Crippen LogP contribution is 2.13. The number of benzene rings is 1. The second-order valence-corrected chi connectivity index (χ2v) is 4.15. The minimum atomic E-state index is 0.0496. The van der Waals surface area contributed by atoms with Gasteiger partial charge in [-0.1, -0.05) is 12.1 Å². The second-order valence-electron chi connectivity index (χ2n) is 4.15. The van der Waals surface area contributed by atoms with Crippen molar-refractivity contribution in [2.45, 2.75) is 12.5 Å². The monoisotopic (exact) mass is 220 g/mol. The summed E-state index contributed by atoms with van der Waals surface area (Å²) in [7, 11) is 1.81. The Labute approximate surface area is 95.0 Å². The molecule has 1 aliphatic rings. The Kier molecular flexibility index (Phi) is 3.10. The third-order valence-corrected chi connectivity index (χ3v) is 2.79. The summed E-state index contributed by atoms with van der Waals surface area (Å²) in [5.74, 6) is 0.0496. The van der Waals surface area contributed by atoms with Crippen LogP contribution in [0.4, 0.5) is 5.69 Å². The molecule has 1 unspecified atom stereocenters. The number of hydrogen-bond acceptors (Lipinski definition) is 3. The number of nitrogens with two attached hydrogens (primary N) is 1. The van der Waals surface area contributed by atoms with Crippen LogP contribution in [0.2, 0.25) is 0 Å². The van der Waals surface area contributed by atoms with E-state index in [9.17, 15) is 4.79 Å². The Morgan fingerprint density at radius 2 is 2.12 bits per heavy atom. The molecule has 86 valence electrons. The molecule has 16 heavy (non-hydrogen) atoms. The van der Waals surface area contributed by atoms with Gasteiger partial charge < -0.3 is 15.4 Å². The van der Waals surface area contributed by atoms with Crippen molar-refractivity contribution in [3.8, 4) is 0 Å². The average molecular weight is 220 g/mol. The van der Waals surface area contributed by atoms with E-state index in [-0.39, 0.29) is 18.6 Å². The first-order valence-corrected chi connectivity index (χ1v) is 5.35. The van der Waals surface area contributed by atoms with Crippen molar-refractivity contribution in [1.82, 2.24) is 4.90 Å². The van der Waals surface area contributed by atoms with Gasteiger partial charge in [-0.25, -0.2) is 0 Å². The number of likely N-dealkylation sites (N-methyl/N-ethyl adjacent to an activating group) is 1. The lowest BCUT2D eigenvalue weighted by Gasteiger charge is -2.29. The van der Waals surface area contributed by atoms with E-state index in [0.717, 1.165) is 12.1 Å². The number of carbonyl (C=O) groups is 1. The number of nitrogens with zero attached hydrogens (tertiary/aromatic N) is 1. The predicted molar refractivity (Wildman–Crippen MR) is 61.9 cm³/mol. The molecule has 1 aliphatic heterocycles. The summed E-state index contributed by atoms with van der Waals surface area (Å²) < 4.78 is 5.47. The topological polar surface area (TPSA) is 55.6 Å². The van der Waals surface area contributed by atoms with Crippen molar-refractivity contribution in [3.05, 3.63) is 29.8 Å². The zero-order valence-electron chi connectivity index (χ0n) is 9.35. The number of rotatable bonds is 2. The second kappa shape index (κ2) is 4.53. The maximum absolute atomic E-state index is 11.2. The number of nitrogen functional groups attached to an aromatic ring is 1. The van der Waals surface area contributed by atoms with Crippen LogP contribution < -0.4 is 5.73 Å². The lowest BCUT2D eigenvalue weighted by molar-refractivity contribution is -0.146. The Balaban J connectivity index is 1.95. The standard InChI is InChI=1S/C12H16N2O2/c1-14-7-11(16-8-12(14)15)6-9-2-4-10(13)5-3-9/h2-5,11H,6-8,13H2,1H3. The molecular formula is C12H16N2O2. The van der Waals surface area contributed by atoms with Gasteiger partial charge in [0.15, 0.2) is 0 Å². The predicted octanol–water partition coefficient (Wildman–Crippen LogP) is 0.668. The fourth-order valence-corrected chi connectivity index (χ4v) is 1.80. The summed E-state index contributed by atoms with van der Waals surface area (Å²) >= 11 is 0. The zero-order valence-corrected chi connectivity index (χ0v) is 9.35. The maximum Gasteiger partial charge on any atom is 0.248 e. The summed E-state index contributed by atoms with van der Waals surface area (Å²) in [5, 5.41) is 0. The quantitative estimate of drug-likeness (QED) is 0.745. The number of anilines is 1. The van der Waals surface area contributed by atoms with Gasteiger partial charge in [-0.15, -0.1) is 0 Å². The van der Waals surface area contributed by atoms with E-state index >= 15 is 0 Å². The van der Waals surface area contributed by atoms with Gasteiger partial charge in [0.1, 0.15) is 6.61 Å². The normalized spacial score (nSPS) is 21.2. The minimum absolute atomic E-state index is 0.0496. The molecule has 2 N–H and O–H groups in total. The highest BCUT2D eigenvalue weighted by Gasteiger charge is 2.23. The summed E-state index contributed by atoms with van der Waals surface area (Å²) in [4.78, 5) is 12.9. The van der Waals surface area contributed by atoms with Crippen molar-refractivity contribution in [2.75, 3.05) is 25.9 Å². The molecule has 0 saturated carbocycles. The van der Waals surface area contributed by atoms with Gasteiger partial charge in [0.2, 0.25) is 5.91 Å². The van der Waals surface area contributed by atoms with Crippen LogP contribution in [0, 0.1) is 0 Å². The van der Waals surface area contributed by atoms with E-state index < -0.39 is 0 Å². The van der Waals surface area contributed by atoms with Crippen LogP contribution in [0.15, 0.2) is 24.3 Å². The van der Waals surface area contributed by atoms with E-state index in [2.05, 4.69) is 0 Å². The summed E-state index contributed by atoms with van der Waals surface area (Å²) in [6.07, 6.45) is 0.907. The molecule has 1 aromatic rings. The van der Waals surface area contributed by atoms with Crippen LogP contribution in [0.5, 0.6) is 0 Å². The number of carbonyl (C=O) groups excluding carboxylic acids is 1. The molecule has 1 atom stereocenters. The van der Waals surface area contributed by atoms with Crippen molar-refractivity contribution in [2.24, 2.45) is 0 Å². The first-order chi connectivity index (χ1) is 7.65. The van der Waals surface area contributed by atoms with Crippen LogP contribution >= 0.6 is 0 Å². The number of amides is 1. The summed E-state index contributed by atoms with van der Waals surface area (Å²) in [6, 6.07) is 7.75. The van der Waals surface area contributed by atoms with Crippen LogP contribution in [0.25, 0.3) is 0 Å². The van der Waals surface area contributed by atoms with Crippen molar-refractivity contribution < 1.29 is 9.53 Å². The van der Waals surface area contributed by atoms with Crippen LogP contribution in [-0.2, 0) is 16.0 Å². The van der Waals surface area contributed by atoms with Crippen LogP contribution in [-0.4, -0.2) is 37.1 Å². The molecule has 4 nitrogen and oxygen atoms in total. The molecule has 1 heterocycles. The molecule has 1 amide bonds. The Morgan fingerprint density at radius 3 is 2.75 bits per heavy atom. The van der Waals surface area contributed by atoms with E-state index in [1.165, 1.54) is 5.56 Å². The van der Waals surface area contributed by atoms with Gasteiger partial charge in [-0.3, -0.25) is 4.79 Å². The van der Waals surface area contributed by atoms with Crippen molar-refractivity contribution >= 4 is 11.6 Å². The lowest BCUT2D eigenvalue weighted by atomic mass is 10.1. The Bertz CT molecular complexity index is 375. The largest absolute Gasteiger partial charge is 0.399 e. The SMILES string of the molecule is CN1CC(Cc2ccc(N)cc2)OCC1=O. The molecule has 0 aromatic heterocycles. The smallest absolute Gasteiger partial charge is 0.248 e. The van der Waals surface area contributed by atoms with Gasteiger partial charge in [-0.2, -0.15) is 0 Å². The lowest BCUT2D eigenvalue weighted by Crippen LogP contribution is -2.45. The van der Waals surface area contributed by atoms with E-state index in [1.807, 2.05) is 24.3 Å². The third kappa shape index (κ3) is 2.52. The molecule has 1 saturated heterocycles. The fraction of sp³-hybridized carbons (Fsp3) is 0.417. The first-order valence-electron chi connectivity index (χ1n) is 5.35. The molecule has 0 spiro atoms. The first kappa shape index (κ1) is 11.0. The summed E-state index contributed by atoms with van der Waals surface area (Å²) in [5.41, 5.74) is 7.56. The molecule has 1 aromatic carbocycles. The molecule has 1 fully saturated rings. The molecule has 2 rings (SSSR count). The molecule has 0 bridgehead atoms. The number of hydrogen-bond donors (Lipinski definition) is 1. The highest BCUT2D eigenvalue weighted by atomic mass is 16.5. The molecule has 0 radical (unpaired) electrons. The Morgan fingerprint density at radius 1 is 1.44 bits per heavy atom.